The minimum absolute atomic E-state index is 0.185. The first-order valence-electron chi connectivity index (χ1n) is 8.54. The van der Waals surface area contributed by atoms with Gasteiger partial charge in [-0.05, 0) is 42.7 Å². The molecule has 0 fully saturated rings. The summed E-state index contributed by atoms with van der Waals surface area (Å²) in [7, 11) is 0. The Morgan fingerprint density at radius 1 is 1.36 bits per heavy atom. The molecular formula is C19H24ClN3S2. The number of nitrogens with two attached hydrogens (primary N) is 1. The lowest BCUT2D eigenvalue weighted by Gasteiger charge is -2.13. The number of pyridine rings is 1. The van der Waals surface area contributed by atoms with E-state index in [1.54, 1.807) is 22.7 Å². The zero-order valence-electron chi connectivity index (χ0n) is 14.8. The molecule has 3 N–H and O–H groups in total. The van der Waals surface area contributed by atoms with E-state index in [-0.39, 0.29) is 6.04 Å². The molecule has 0 spiro atoms. The van der Waals surface area contributed by atoms with Gasteiger partial charge in [0.1, 0.15) is 5.15 Å². The Hall–Kier alpha value is -1.14. The van der Waals surface area contributed by atoms with Crippen LogP contribution >= 0.6 is 34.3 Å². The number of nitrogens with one attached hydrogen (secondary N) is 1. The summed E-state index contributed by atoms with van der Waals surface area (Å²) >= 11 is 9.81. The van der Waals surface area contributed by atoms with Crippen molar-refractivity contribution >= 4 is 50.2 Å². The minimum atomic E-state index is 0.185. The Bertz CT molecular complexity index is 840. The number of aromatic nitrogens is 1. The fourth-order valence-corrected chi connectivity index (χ4v) is 5.21. The van der Waals surface area contributed by atoms with Crippen molar-refractivity contribution in [1.82, 2.24) is 4.98 Å². The van der Waals surface area contributed by atoms with Gasteiger partial charge in [0.2, 0.25) is 0 Å². The van der Waals surface area contributed by atoms with Gasteiger partial charge in [0.25, 0.3) is 0 Å². The number of rotatable bonds is 7. The largest absolute Gasteiger partial charge is 0.379 e. The van der Waals surface area contributed by atoms with Crippen LogP contribution in [0, 0.1) is 12.8 Å². The fraction of sp³-hybridized carbons (Fsp3) is 0.421. The summed E-state index contributed by atoms with van der Waals surface area (Å²) in [6, 6.07) is 6.31. The number of hydrogen-bond donors (Lipinski definition) is 2. The lowest BCUT2D eigenvalue weighted by molar-refractivity contribution is 0.495. The number of aryl methyl sites for hydroxylation is 1. The van der Waals surface area contributed by atoms with E-state index in [1.807, 2.05) is 6.07 Å². The van der Waals surface area contributed by atoms with Gasteiger partial charge in [-0.25, -0.2) is 4.98 Å². The van der Waals surface area contributed by atoms with Crippen molar-refractivity contribution in [2.45, 2.75) is 46.2 Å². The van der Waals surface area contributed by atoms with Gasteiger partial charge in [-0.2, -0.15) is 0 Å². The molecule has 0 saturated carbocycles. The Morgan fingerprint density at radius 3 is 2.84 bits per heavy atom. The van der Waals surface area contributed by atoms with E-state index < -0.39 is 0 Å². The molecule has 3 aromatic rings. The third kappa shape index (κ3) is 4.53. The van der Waals surface area contributed by atoms with Crippen LogP contribution in [0.2, 0.25) is 5.15 Å². The van der Waals surface area contributed by atoms with Gasteiger partial charge in [0, 0.05) is 28.4 Å². The van der Waals surface area contributed by atoms with Crippen molar-refractivity contribution in [3.05, 3.63) is 44.1 Å². The first-order chi connectivity index (χ1) is 11.9. The Morgan fingerprint density at radius 2 is 2.16 bits per heavy atom. The van der Waals surface area contributed by atoms with Gasteiger partial charge < -0.3 is 11.1 Å². The monoisotopic (exact) mass is 393 g/mol. The second-order valence-electron chi connectivity index (χ2n) is 6.85. The third-order valence-corrected chi connectivity index (χ3v) is 6.60. The maximum atomic E-state index is 6.33. The van der Waals surface area contributed by atoms with Crippen LogP contribution in [-0.4, -0.2) is 11.0 Å². The molecule has 1 atom stereocenters. The van der Waals surface area contributed by atoms with E-state index in [9.17, 15) is 0 Å². The molecule has 0 saturated heterocycles. The SMILES string of the molecule is Cc1c(C[C@@H](N)CC(C)C)sc2c(NCc3cccs3)cc(Cl)nc12. The molecule has 6 heteroatoms. The highest BCUT2D eigenvalue weighted by Gasteiger charge is 2.17. The second kappa shape index (κ2) is 8.04. The molecule has 0 radical (unpaired) electrons. The van der Waals surface area contributed by atoms with Crippen LogP contribution in [0.3, 0.4) is 0 Å². The van der Waals surface area contributed by atoms with Crippen LogP contribution in [0.4, 0.5) is 5.69 Å². The third-order valence-electron chi connectivity index (χ3n) is 4.20. The van der Waals surface area contributed by atoms with Crippen LogP contribution in [-0.2, 0) is 13.0 Å². The average Bonchev–Trinajstić information content (AvgIpc) is 3.14. The van der Waals surface area contributed by atoms with E-state index in [1.165, 1.54) is 20.0 Å². The standard InChI is InChI=1S/C19H24ClN3S2/c1-11(2)7-13(21)8-16-12(3)18-19(25-16)15(9-17(20)23-18)22-10-14-5-4-6-24-14/h4-6,9,11,13H,7-8,10,21H2,1-3H3,(H,22,23)/t13-/m0/s1. The molecule has 0 bridgehead atoms. The molecule has 0 amide bonds. The van der Waals surface area contributed by atoms with Crippen LogP contribution in [0.25, 0.3) is 10.2 Å². The smallest absolute Gasteiger partial charge is 0.131 e. The molecule has 0 aromatic carbocycles. The van der Waals surface area contributed by atoms with Crippen molar-refractivity contribution in [3.8, 4) is 0 Å². The molecule has 3 rings (SSSR count). The summed E-state index contributed by atoms with van der Waals surface area (Å²) in [5, 5.41) is 6.14. The Balaban J connectivity index is 1.88. The lowest BCUT2D eigenvalue weighted by atomic mass is 10.0. The summed E-state index contributed by atoms with van der Waals surface area (Å²) in [6.07, 6.45) is 1.93. The highest BCUT2D eigenvalue weighted by molar-refractivity contribution is 7.19. The van der Waals surface area contributed by atoms with Gasteiger partial charge in [0.05, 0.1) is 15.9 Å². The second-order valence-corrected chi connectivity index (χ2v) is 9.37. The number of anilines is 1. The Labute approximate surface area is 162 Å². The van der Waals surface area contributed by atoms with Crippen molar-refractivity contribution in [2.75, 3.05) is 5.32 Å². The maximum absolute atomic E-state index is 6.33. The van der Waals surface area contributed by atoms with E-state index in [2.05, 4.69) is 48.6 Å². The summed E-state index contributed by atoms with van der Waals surface area (Å²) in [5.74, 6) is 0.611. The minimum Gasteiger partial charge on any atom is -0.379 e. The van der Waals surface area contributed by atoms with Gasteiger partial charge in [-0.3, -0.25) is 0 Å². The van der Waals surface area contributed by atoms with Gasteiger partial charge in [-0.15, -0.1) is 22.7 Å². The quantitative estimate of drug-likeness (QED) is 0.495. The summed E-state index contributed by atoms with van der Waals surface area (Å²) in [4.78, 5) is 7.18. The van der Waals surface area contributed by atoms with E-state index in [0.717, 1.165) is 30.6 Å². The molecule has 3 aromatic heterocycles. The van der Waals surface area contributed by atoms with E-state index >= 15 is 0 Å². The van der Waals surface area contributed by atoms with Gasteiger partial charge in [-0.1, -0.05) is 31.5 Å². The van der Waals surface area contributed by atoms with Crippen LogP contribution < -0.4 is 11.1 Å². The van der Waals surface area contributed by atoms with Gasteiger partial charge in [0.15, 0.2) is 0 Å². The molecule has 3 nitrogen and oxygen atoms in total. The summed E-state index contributed by atoms with van der Waals surface area (Å²) in [5.41, 5.74) is 9.60. The zero-order valence-corrected chi connectivity index (χ0v) is 17.2. The zero-order chi connectivity index (χ0) is 18.0. The fourth-order valence-electron chi connectivity index (χ4n) is 3.04. The molecule has 25 heavy (non-hydrogen) atoms. The first kappa shape index (κ1) is 18.6. The molecule has 0 aliphatic rings. The van der Waals surface area contributed by atoms with E-state index in [0.29, 0.717) is 11.1 Å². The number of halogens is 1. The number of fused-ring (bicyclic) bond motifs is 1. The average molecular weight is 394 g/mol. The van der Waals surface area contributed by atoms with Crippen LogP contribution in [0.15, 0.2) is 23.6 Å². The normalized spacial score (nSPS) is 12.9. The molecule has 0 aliphatic carbocycles. The number of nitrogens with zero attached hydrogens (tertiary/aromatic N) is 1. The molecule has 0 aliphatic heterocycles. The van der Waals surface area contributed by atoms with Crippen molar-refractivity contribution < 1.29 is 0 Å². The lowest BCUT2D eigenvalue weighted by Crippen LogP contribution is -2.24. The predicted octanol–water partition coefficient (Wildman–Crippen LogP) is 5.85. The molecule has 134 valence electrons. The van der Waals surface area contributed by atoms with Crippen molar-refractivity contribution in [2.24, 2.45) is 11.7 Å². The Kier molecular flexibility index (Phi) is 6.00. The highest BCUT2D eigenvalue weighted by Crippen LogP contribution is 2.37. The van der Waals surface area contributed by atoms with E-state index in [4.69, 9.17) is 17.3 Å². The van der Waals surface area contributed by atoms with Crippen LogP contribution in [0.1, 0.15) is 35.6 Å². The predicted molar refractivity (Wildman–Crippen MR) is 112 cm³/mol. The first-order valence-corrected chi connectivity index (χ1v) is 10.6. The van der Waals surface area contributed by atoms with Crippen molar-refractivity contribution in [1.29, 1.82) is 0 Å². The van der Waals surface area contributed by atoms with Crippen LogP contribution in [0.5, 0.6) is 0 Å². The number of hydrogen-bond acceptors (Lipinski definition) is 5. The molecule has 3 heterocycles. The summed E-state index contributed by atoms with van der Waals surface area (Å²) < 4.78 is 1.17. The van der Waals surface area contributed by atoms with Gasteiger partial charge >= 0.3 is 0 Å². The number of thiophene rings is 2. The van der Waals surface area contributed by atoms with Crippen molar-refractivity contribution in [3.63, 3.8) is 0 Å². The summed E-state index contributed by atoms with van der Waals surface area (Å²) in [6.45, 7) is 7.35. The highest BCUT2D eigenvalue weighted by atomic mass is 35.5. The topological polar surface area (TPSA) is 50.9 Å². The maximum Gasteiger partial charge on any atom is 0.131 e. The molecular weight excluding hydrogens is 370 g/mol. The molecule has 0 unspecified atom stereocenters.